The molecule has 1 aromatic rings. The fraction of sp³-hybridized carbons (Fsp3) is 0.500. The van der Waals surface area contributed by atoms with Gasteiger partial charge in [-0.1, -0.05) is 6.92 Å². The van der Waals surface area contributed by atoms with Crippen molar-refractivity contribution in [3.05, 3.63) is 23.8 Å². The van der Waals surface area contributed by atoms with E-state index < -0.39 is 5.60 Å². The molecule has 0 aliphatic rings. The third-order valence-corrected chi connectivity index (χ3v) is 3.28. The summed E-state index contributed by atoms with van der Waals surface area (Å²) < 4.78 is 10.9. The van der Waals surface area contributed by atoms with Gasteiger partial charge in [0.25, 0.3) is 5.91 Å². The van der Waals surface area contributed by atoms with E-state index in [1.54, 1.807) is 25.1 Å². The highest BCUT2D eigenvalue weighted by Crippen LogP contribution is 2.24. The molecule has 0 saturated heterocycles. The molecule has 5 heteroatoms. The third-order valence-electron chi connectivity index (χ3n) is 3.28. The largest absolute Gasteiger partial charge is 0.492 e. The van der Waals surface area contributed by atoms with Gasteiger partial charge in [0.2, 0.25) is 0 Å². The Labute approximate surface area is 125 Å². The van der Waals surface area contributed by atoms with E-state index >= 15 is 0 Å². The molecule has 0 saturated carbocycles. The first-order valence-electron chi connectivity index (χ1n) is 7.13. The standard InChI is InChI=1S/C16H22N2O3/c1-5-16(4,21-7-3)15(19)18-13-8-9-14(20-6-2)12(10-13)11-17/h8-10H,5-7H2,1-4H3,(H,18,19)/t16-/m0/s1. The number of nitrogens with one attached hydrogen (secondary N) is 1. The minimum atomic E-state index is -0.875. The zero-order chi connectivity index (χ0) is 15.9. The zero-order valence-corrected chi connectivity index (χ0v) is 13.0. The smallest absolute Gasteiger partial charge is 0.256 e. The van der Waals surface area contributed by atoms with Gasteiger partial charge in [-0.3, -0.25) is 4.79 Å². The first-order valence-corrected chi connectivity index (χ1v) is 7.13. The number of carbonyl (C=O) groups is 1. The summed E-state index contributed by atoms with van der Waals surface area (Å²) in [5, 5.41) is 11.9. The maximum atomic E-state index is 12.3. The number of benzene rings is 1. The van der Waals surface area contributed by atoms with Crippen LogP contribution in [0.15, 0.2) is 18.2 Å². The second-order valence-corrected chi connectivity index (χ2v) is 4.73. The van der Waals surface area contributed by atoms with E-state index in [1.807, 2.05) is 20.8 Å². The second kappa shape index (κ2) is 7.65. The predicted molar refractivity (Wildman–Crippen MR) is 81.3 cm³/mol. The van der Waals surface area contributed by atoms with Crippen molar-refractivity contribution in [3.8, 4) is 11.8 Å². The average molecular weight is 290 g/mol. The predicted octanol–water partition coefficient (Wildman–Crippen LogP) is 3.10. The molecule has 1 amide bonds. The van der Waals surface area contributed by atoms with Crippen molar-refractivity contribution >= 4 is 11.6 Å². The summed E-state index contributed by atoms with van der Waals surface area (Å²) in [7, 11) is 0. The average Bonchev–Trinajstić information content (AvgIpc) is 2.49. The molecule has 0 radical (unpaired) electrons. The highest BCUT2D eigenvalue weighted by Gasteiger charge is 2.31. The molecular weight excluding hydrogens is 268 g/mol. The van der Waals surface area contributed by atoms with Crippen molar-refractivity contribution in [2.45, 2.75) is 39.7 Å². The summed E-state index contributed by atoms with van der Waals surface area (Å²) in [5.41, 5.74) is 0.0730. The summed E-state index contributed by atoms with van der Waals surface area (Å²) in [6.07, 6.45) is 0.564. The molecule has 0 bridgehead atoms. The molecule has 0 spiro atoms. The Bertz CT molecular complexity index is 537. The lowest BCUT2D eigenvalue weighted by Crippen LogP contribution is -2.42. The van der Waals surface area contributed by atoms with Crippen LogP contribution in [0, 0.1) is 11.3 Å². The van der Waals surface area contributed by atoms with Gasteiger partial charge in [0.05, 0.1) is 12.2 Å². The lowest BCUT2D eigenvalue weighted by atomic mass is 10.0. The van der Waals surface area contributed by atoms with Gasteiger partial charge in [-0.2, -0.15) is 5.26 Å². The third kappa shape index (κ3) is 4.20. The van der Waals surface area contributed by atoms with Crippen LogP contribution in [0.5, 0.6) is 5.75 Å². The second-order valence-electron chi connectivity index (χ2n) is 4.73. The summed E-state index contributed by atoms with van der Waals surface area (Å²) in [5.74, 6) is 0.293. The van der Waals surface area contributed by atoms with Gasteiger partial charge in [0.15, 0.2) is 0 Å². The maximum absolute atomic E-state index is 12.3. The molecular formula is C16H22N2O3. The molecule has 0 aliphatic carbocycles. The molecule has 0 heterocycles. The van der Waals surface area contributed by atoms with Crippen LogP contribution in [0.1, 0.15) is 39.7 Å². The van der Waals surface area contributed by atoms with E-state index in [9.17, 15) is 4.79 Å². The van der Waals surface area contributed by atoms with Crippen LogP contribution in [0.4, 0.5) is 5.69 Å². The van der Waals surface area contributed by atoms with Gasteiger partial charge in [-0.15, -0.1) is 0 Å². The topological polar surface area (TPSA) is 71.3 Å². The molecule has 1 atom stereocenters. The fourth-order valence-electron chi connectivity index (χ4n) is 1.89. The van der Waals surface area contributed by atoms with Gasteiger partial charge in [0, 0.05) is 12.3 Å². The Hall–Kier alpha value is -2.06. The van der Waals surface area contributed by atoms with Crippen molar-refractivity contribution in [2.24, 2.45) is 0 Å². The van der Waals surface area contributed by atoms with Crippen LogP contribution in [-0.2, 0) is 9.53 Å². The van der Waals surface area contributed by atoms with Crippen LogP contribution in [0.25, 0.3) is 0 Å². The summed E-state index contributed by atoms with van der Waals surface area (Å²) in [4.78, 5) is 12.3. The Morgan fingerprint density at radius 1 is 1.33 bits per heavy atom. The number of amides is 1. The molecule has 1 rings (SSSR count). The number of rotatable bonds is 7. The van der Waals surface area contributed by atoms with Crippen molar-refractivity contribution in [1.82, 2.24) is 0 Å². The maximum Gasteiger partial charge on any atom is 0.256 e. The first-order chi connectivity index (χ1) is 10.0. The molecule has 1 aromatic carbocycles. The zero-order valence-electron chi connectivity index (χ0n) is 13.0. The van der Waals surface area contributed by atoms with Crippen LogP contribution in [-0.4, -0.2) is 24.7 Å². The minimum absolute atomic E-state index is 0.222. The molecule has 0 fully saturated rings. The number of carbonyl (C=O) groups excluding carboxylic acids is 1. The van der Waals surface area contributed by atoms with Gasteiger partial charge in [-0.05, 0) is 45.4 Å². The Morgan fingerprint density at radius 2 is 2.05 bits per heavy atom. The van der Waals surface area contributed by atoms with E-state index in [4.69, 9.17) is 14.7 Å². The Kier molecular flexibility index (Phi) is 6.19. The molecule has 1 N–H and O–H groups in total. The van der Waals surface area contributed by atoms with Crippen LogP contribution >= 0.6 is 0 Å². The van der Waals surface area contributed by atoms with Gasteiger partial charge >= 0.3 is 0 Å². The first kappa shape index (κ1) is 17.0. The summed E-state index contributed by atoms with van der Waals surface area (Å²) in [6, 6.07) is 7.06. The number of anilines is 1. The van der Waals surface area contributed by atoms with Crippen LogP contribution < -0.4 is 10.1 Å². The van der Waals surface area contributed by atoms with Crippen molar-refractivity contribution in [2.75, 3.05) is 18.5 Å². The van der Waals surface area contributed by atoms with Crippen LogP contribution in [0.2, 0.25) is 0 Å². The number of nitriles is 1. The highest BCUT2D eigenvalue weighted by molar-refractivity contribution is 5.97. The number of hydrogen-bond acceptors (Lipinski definition) is 4. The minimum Gasteiger partial charge on any atom is -0.492 e. The fourth-order valence-corrected chi connectivity index (χ4v) is 1.89. The molecule has 5 nitrogen and oxygen atoms in total. The van der Waals surface area contributed by atoms with Gasteiger partial charge in [0.1, 0.15) is 17.4 Å². The monoisotopic (exact) mass is 290 g/mol. The van der Waals surface area contributed by atoms with E-state index in [0.29, 0.717) is 36.6 Å². The highest BCUT2D eigenvalue weighted by atomic mass is 16.5. The molecule has 0 unspecified atom stereocenters. The normalized spacial score (nSPS) is 13.1. The van der Waals surface area contributed by atoms with Crippen molar-refractivity contribution in [3.63, 3.8) is 0 Å². The number of ether oxygens (including phenoxy) is 2. The number of hydrogen-bond donors (Lipinski definition) is 1. The molecule has 0 aromatic heterocycles. The lowest BCUT2D eigenvalue weighted by Gasteiger charge is -2.26. The Balaban J connectivity index is 2.93. The van der Waals surface area contributed by atoms with Crippen molar-refractivity contribution in [1.29, 1.82) is 5.26 Å². The van der Waals surface area contributed by atoms with E-state index in [2.05, 4.69) is 11.4 Å². The summed E-state index contributed by atoms with van der Waals surface area (Å²) in [6.45, 7) is 8.31. The van der Waals surface area contributed by atoms with E-state index in [-0.39, 0.29) is 5.91 Å². The van der Waals surface area contributed by atoms with Gasteiger partial charge in [-0.25, -0.2) is 0 Å². The molecule has 114 valence electrons. The van der Waals surface area contributed by atoms with E-state index in [1.165, 1.54) is 0 Å². The van der Waals surface area contributed by atoms with Gasteiger partial charge < -0.3 is 14.8 Å². The van der Waals surface area contributed by atoms with E-state index in [0.717, 1.165) is 0 Å². The van der Waals surface area contributed by atoms with Crippen LogP contribution in [0.3, 0.4) is 0 Å². The number of nitrogens with zero attached hydrogens (tertiary/aromatic N) is 1. The molecule has 21 heavy (non-hydrogen) atoms. The van der Waals surface area contributed by atoms with Crippen molar-refractivity contribution < 1.29 is 14.3 Å². The Morgan fingerprint density at radius 3 is 2.57 bits per heavy atom. The lowest BCUT2D eigenvalue weighted by molar-refractivity contribution is -0.139. The summed E-state index contributed by atoms with van der Waals surface area (Å²) >= 11 is 0. The quantitative estimate of drug-likeness (QED) is 0.837. The molecule has 0 aliphatic heterocycles. The SMILES string of the molecule is CCOc1ccc(NC(=O)[C@](C)(CC)OCC)cc1C#N.